The third-order valence-corrected chi connectivity index (χ3v) is 5.39. The number of fused-ring (bicyclic) bond motifs is 1. The summed E-state index contributed by atoms with van der Waals surface area (Å²) >= 11 is 0. The Morgan fingerprint density at radius 1 is 1.21 bits per heavy atom. The molecule has 0 aliphatic heterocycles. The van der Waals surface area contributed by atoms with E-state index in [2.05, 4.69) is 20.6 Å². The maximum absolute atomic E-state index is 12.6. The molecule has 0 saturated heterocycles. The molecule has 0 saturated carbocycles. The van der Waals surface area contributed by atoms with Gasteiger partial charge in [-0.25, -0.2) is 4.68 Å². The Bertz CT molecular complexity index is 1020. The van der Waals surface area contributed by atoms with Gasteiger partial charge in [-0.2, -0.15) is 0 Å². The highest BCUT2D eigenvalue weighted by Gasteiger charge is 2.35. The van der Waals surface area contributed by atoms with Crippen molar-refractivity contribution in [2.24, 2.45) is 5.41 Å². The molecule has 1 amide bonds. The van der Waals surface area contributed by atoms with Crippen LogP contribution in [0.5, 0.6) is 0 Å². The van der Waals surface area contributed by atoms with Crippen LogP contribution in [0.25, 0.3) is 16.5 Å². The molecular formula is C20H23N5O3. The van der Waals surface area contributed by atoms with Gasteiger partial charge in [0.05, 0.1) is 16.8 Å². The monoisotopic (exact) mass is 381 g/mol. The van der Waals surface area contributed by atoms with Gasteiger partial charge in [0.15, 0.2) is 5.69 Å². The van der Waals surface area contributed by atoms with Gasteiger partial charge in [0.25, 0.3) is 5.91 Å². The van der Waals surface area contributed by atoms with Crippen LogP contribution >= 0.6 is 0 Å². The number of aromatic nitrogens is 4. The van der Waals surface area contributed by atoms with E-state index in [-0.39, 0.29) is 12.2 Å². The summed E-state index contributed by atoms with van der Waals surface area (Å²) in [5.74, 6) is -1.35. The Morgan fingerprint density at radius 2 is 1.96 bits per heavy atom. The zero-order chi connectivity index (χ0) is 20.3. The van der Waals surface area contributed by atoms with E-state index in [1.807, 2.05) is 24.3 Å². The molecule has 8 nitrogen and oxygen atoms in total. The van der Waals surface area contributed by atoms with Gasteiger partial charge in [-0.1, -0.05) is 31.2 Å². The van der Waals surface area contributed by atoms with Crippen LogP contribution in [0.3, 0.4) is 0 Å². The van der Waals surface area contributed by atoms with Gasteiger partial charge in [-0.15, -0.1) is 5.10 Å². The van der Waals surface area contributed by atoms with E-state index < -0.39 is 17.3 Å². The third kappa shape index (κ3) is 3.33. The molecule has 146 valence electrons. The first-order valence-corrected chi connectivity index (χ1v) is 9.20. The molecule has 28 heavy (non-hydrogen) atoms. The number of amides is 1. The second-order valence-electron chi connectivity index (χ2n) is 6.78. The number of carboxylic acid groups (broad SMARTS) is 1. The maximum Gasteiger partial charge on any atom is 0.311 e. The molecule has 0 unspecified atom stereocenters. The largest absolute Gasteiger partial charge is 0.481 e. The average molecular weight is 381 g/mol. The van der Waals surface area contributed by atoms with Crippen LogP contribution in [-0.2, 0) is 4.79 Å². The van der Waals surface area contributed by atoms with E-state index in [0.717, 1.165) is 16.5 Å². The normalized spacial score (nSPS) is 11.5. The molecule has 0 bridgehead atoms. The minimum atomic E-state index is -0.984. The number of nitrogens with zero attached hydrogens (tertiary/aromatic N) is 4. The Morgan fingerprint density at radius 3 is 2.64 bits per heavy atom. The average Bonchev–Trinajstić information content (AvgIpc) is 3.09. The summed E-state index contributed by atoms with van der Waals surface area (Å²) in [6.07, 6.45) is 4.32. The smallest absolute Gasteiger partial charge is 0.311 e. The minimum Gasteiger partial charge on any atom is -0.481 e. The summed E-state index contributed by atoms with van der Waals surface area (Å²) < 4.78 is 1.61. The number of pyridine rings is 1. The second kappa shape index (κ2) is 7.75. The third-order valence-electron chi connectivity index (χ3n) is 5.39. The molecule has 2 heterocycles. The van der Waals surface area contributed by atoms with Gasteiger partial charge in [-0.3, -0.25) is 14.6 Å². The molecule has 0 aliphatic carbocycles. The van der Waals surface area contributed by atoms with Crippen LogP contribution in [0.2, 0.25) is 0 Å². The van der Waals surface area contributed by atoms with Crippen molar-refractivity contribution in [2.45, 2.75) is 33.6 Å². The van der Waals surface area contributed by atoms with Crippen LogP contribution in [0.15, 0.2) is 36.7 Å². The zero-order valence-electron chi connectivity index (χ0n) is 16.1. The molecule has 0 aliphatic rings. The fraction of sp³-hybridized carbons (Fsp3) is 0.350. The van der Waals surface area contributed by atoms with E-state index in [0.29, 0.717) is 18.5 Å². The number of hydrogen-bond donors (Lipinski definition) is 2. The lowest BCUT2D eigenvalue weighted by Crippen LogP contribution is -2.42. The Balaban J connectivity index is 1.89. The molecule has 2 N–H and O–H groups in total. The molecule has 0 fully saturated rings. The summed E-state index contributed by atoms with van der Waals surface area (Å²) in [5.41, 5.74) is 0.571. The summed E-state index contributed by atoms with van der Waals surface area (Å²) in [5, 5.41) is 22.3. The van der Waals surface area contributed by atoms with Crippen LogP contribution in [0.4, 0.5) is 0 Å². The molecule has 2 aromatic heterocycles. The molecular weight excluding hydrogens is 358 g/mol. The quantitative estimate of drug-likeness (QED) is 0.651. The van der Waals surface area contributed by atoms with E-state index in [1.54, 1.807) is 37.8 Å². The zero-order valence-corrected chi connectivity index (χ0v) is 16.1. The number of rotatable bonds is 7. The van der Waals surface area contributed by atoms with Crippen molar-refractivity contribution in [1.82, 2.24) is 25.3 Å². The number of benzene rings is 1. The predicted octanol–water partition coefficient (Wildman–Crippen LogP) is 2.74. The van der Waals surface area contributed by atoms with Crippen LogP contribution < -0.4 is 5.32 Å². The number of carbonyl (C=O) groups is 2. The first-order valence-electron chi connectivity index (χ1n) is 9.20. The number of nitrogens with one attached hydrogen (secondary N) is 1. The van der Waals surface area contributed by atoms with E-state index in [9.17, 15) is 14.7 Å². The van der Waals surface area contributed by atoms with E-state index in [1.165, 1.54) is 0 Å². The molecule has 3 aromatic rings. The van der Waals surface area contributed by atoms with Gasteiger partial charge in [-0.05, 0) is 31.9 Å². The highest BCUT2D eigenvalue weighted by atomic mass is 16.4. The van der Waals surface area contributed by atoms with Gasteiger partial charge >= 0.3 is 5.97 Å². The van der Waals surface area contributed by atoms with Gasteiger partial charge in [0, 0.05) is 29.7 Å². The number of aliphatic carboxylic acids is 1. The van der Waals surface area contributed by atoms with Crippen molar-refractivity contribution < 1.29 is 14.7 Å². The van der Waals surface area contributed by atoms with Crippen molar-refractivity contribution in [3.63, 3.8) is 0 Å². The Hall–Kier alpha value is -3.29. The first kappa shape index (κ1) is 19.5. The van der Waals surface area contributed by atoms with Crippen LogP contribution in [0.1, 0.15) is 42.9 Å². The predicted molar refractivity (Wildman–Crippen MR) is 104 cm³/mol. The maximum atomic E-state index is 12.6. The molecule has 0 spiro atoms. The highest BCUT2D eigenvalue weighted by Crippen LogP contribution is 2.26. The van der Waals surface area contributed by atoms with E-state index in [4.69, 9.17) is 0 Å². The van der Waals surface area contributed by atoms with Gasteiger partial charge < -0.3 is 10.4 Å². The van der Waals surface area contributed by atoms with Gasteiger partial charge in [0.1, 0.15) is 0 Å². The second-order valence-corrected chi connectivity index (χ2v) is 6.78. The topological polar surface area (TPSA) is 110 Å². The molecule has 0 radical (unpaired) electrons. The minimum absolute atomic E-state index is 0.0421. The molecule has 0 atom stereocenters. The van der Waals surface area contributed by atoms with Crippen molar-refractivity contribution in [1.29, 1.82) is 0 Å². The lowest BCUT2D eigenvalue weighted by molar-refractivity contribution is -0.149. The van der Waals surface area contributed by atoms with Crippen molar-refractivity contribution in [2.75, 3.05) is 6.54 Å². The number of carbonyl (C=O) groups excluding carboxylic acids is 1. The Kier molecular flexibility index (Phi) is 5.39. The first-order chi connectivity index (χ1) is 13.4. The van der Waals surface area contributed by atoms with Crippen LogP contribution in [-0.4, -0.2) is 43.5 Å². The number of hydrogen-bond acceptors (Lipinski definition) is 5. The Labute approximate surface area is 162 Å². The van der Waals surface area contributed by atoms with E-state index >= 15 is 0 Å². The van der Waals surface area contributed by atoms with Crippen molar-refractivity contribution in [3.05, 3.63) is 48.0 Å². The lowest BCUT2D eigenvalue weighted by Gasteiger charge is -2.26. The fourth-order valence-electron chi connectivity index (χ4n) is 3.27. The summed E-state index contributed by atoms with van der Waals surface area (Å²) in [7, 11) is 0. The standard InChI is InChI=1S/C20H23N5O3/c1-4-20(5-2,19(27)28)12-22-18(26)17-13(3)25(24-23-17)16-8-6-7-14-11-21-10-9-15(14)16/h6-11H,4-5,12H2,1-3H3,(H,22,26)(H,27,28). The lowest BCUT2D eigenvalue weighted by atomic mass is 9.82. The molecule has 8 heteroatoms. The van der Waals surface area contributed by atoms with Crippen LogP contribution in [0, 0.1) is 12.3 Å². The number of carboxylic acids is 1. The van der Waals surface area contributed by atoms with Gasteiger partial charge in [0.2, 0.25) is 0 Å². The molecule has 1 aromatic carbocycles. The SMILES string of the molecule is CCC(CC)(CNC(=O)c1nnn(-c2cccc3cnccc23)c1C)C(=O)O. The summed E-state index contributed by atoms with van der Waals surface area (Å²) in [6, 6.07) is 7.63. The summed E-state index contributed by atoms with van der Waals surface area (Å²) in [6.45, 7) is 5.42. The van der Waals surface area contributed by atoms with Crippen molar-refractivity contribution in [3.8, 4) is 5.69 Å². The van der Waals surface area contributed by atoms with Crippen molar-refractivity contribution >= 4 is 22.6 Å². The highest BCUT2D eigenvalue weighted by molar-refractivity contribution is 5.94. The fourth-order valence-corrected chi connectivity index (χ4v) is 3.27. The molecule has 3 rings (SSSR count). The summed E-state index contributed by atoms with van der Waals surface area (Å²) in [4.78, 5) is 28.4.